The molecule has 1 heterocycles. The molecule has 1 aromatic rings. The van der Waals surface area contributed by atoms with Crippen molar-refractivity contribution in [1.29, 1.82) is 0 Å². The van der Waals surface area contributed by atoms with Crippen LogP contribution in [0.1, 0.15) is 44.2 Å². The highest BCUT2D eigenvalue weighted by Gasteiger charge is 2.23. The molecule has 2 rings (SSSR count). The maximum atomic E-state index is 14.0. The third kappa shape index (κ3) is 4.50. The van der Waals surface area contributed by atoms with Crippen LogP contribution in [0.4, 0.5) is 4.39 Å². The van der Waals surface area contributed by atoms with Gasteiger partial charge in [-0.05, 0) is 38.4 Å². The highest BCUT2D eigenvalue weighted by molar-refractivity contribution is 5.21. The van der Waals surface area contributed by atoms with Gasteiger partial charge in [0, 0.05) is 24.2 Å². The van der Waals surface area contributed by atoms with Gasteiger partial charge in [-0.2, -0.15) is 0 Å². The Hall–Kier alpha value is -0.970. The van der Waals surface area contributed by atoms with E-state index in [0.717, 1.165) is 38.0 Å². The summed E-state index contributed by atoms with van der Waals surface area (Å²) in [4.78, 5) is 2.36. The molecular formula is C17H27FN2O. The highest BCUT2D eigenvalue weighted by atomic mass is 19.1. The molecule has 21 heavy (non-hydrogen) atoms. The molecule has 0 spiro atoms. The summed E-state index contributed by atoms with van der Waals surface area (Å²) in [6.07, 6.45) is 4.33. The Labute approximate surface area is 127 Å². The second-order valence-electron chi connectivity index (χ2n) is 5.79. The Bertz CT molecular complexity index is 427. The van der Waals surface area contributed by atoms with E-state index in [1.165, 1.54) is 18.9 Å². The number of likely N-dealkylation sites (tertiary alicyclic amines) is 1. The van der Waals surface area contributed by atoms with Crippen molar-refractivity contribution >= 4 is 0 Å². The lowest BCUT2D eigenvalue weighted by atomic mass is 9.99. The second kappa shape index (κ2) is 8.47. The first-order valence-corrected chi connectivity index (χ1v) is 8.09. The third-order valence-corrected chi connectivity index (χ3v) is 4.40. The van der Waals surface area contributed by atoms with Gasteiger partial charge in [0.25, 0.3) is 0 Å². The maximum absolute atomic E-state index is 14.0. The summed E-state index contributed by atoms with van der Waals surface area (Å²) in [7, 11) is 0. The zero-order valence-corrected chi connectivity index (χ0v) is 12.9. The van der Waals surface area contributed by atoms with Crippen LogP contribution in [0.25, 0.3) is 0 Å². The van der Waals surface area contributed by atoms with Gasteiger partial charge in [0.1, 0.15) is 5.82 Å². The van der Waals surface area contributed by atoms with Gasteiger partial charge in [0.15, 0.2) is 0 Å². The largest absolute Gasteiger partial charge is 0.395 e. The molecular weight excluding hydrogens is 267 g/mol. The van der Waals surface area contributed by atoms with Crippen LogP contribution >= 0.6 is 0 Å². The van der Waals surface area contributed by atoms with Gasteiger partial charge in [-0.1, -0.05) is 31.5 Å². The van der Waals surface area contributed by atoms with Crippen LogP contribution in [-0.2, 0) is 0 Å². The van der Waals surface area contributed by atoms with E-state index in [4.69, 9.17) is 0 Å². The number of benzene rings is 1. The minimum atomic E-state index is -0.138. The van der Waals surface area contributed by atoms with Gasteiger partial charge in [-0.3, -0.25) is 4.90 Å². The molecule has 3 nitrogen and oxygen atoms in total. The maximum Gasteiger partial charge on any atom is 0.127 e. The predicted octanol–water partition coefficient (Wildman–Crippen LogP) is 2.71. The molecule has 118 valence electrons. The molecule has 1 fully saturated rings. The number of hydrogen-bond donors (Lipinski definition) is 2. The summed E-state index contributed by atoms with van der Waals surface area (Å²) in [5, 5.41) is 12.9. The minimum Gasteiger partial charge on any atom is -0.395 e. The van der Waals surface area contributed by atoms with Crippen molar-refractivity contribution in [3.63, 3.8) is 0 Å². The van der Waals surface area contributed by atoms with Crippen molar-refractivity contribution < 1.29 is 9.50 Å². The zero-order valence-electron chi connectivity index (χ0n) is 12.9. The van der Waals surface area contributed by atoms with E-state index in [1.807, 2.05) is 19.1 Å². The molecule has 0 saturated carbocycles. The molecule has 4 heteroatoms. The second-order valence-corrected chi connectivity index (χ2v) is 5.79. The molecule has 2 atom stereocenters. The quantitative estimate of drug-likeness (QED) is 0.811. The van der Waals surface area contributed by atoms with Crippen LogP contribution < -0.4 is 5.32 Å². The van der Waals surface area contributed by atoms with Gasteiger partial charge in [0.2, 0.25) is 0 Å². The van der Waals surface area contributed by atoms with Crippen LogP contribution in [0.3, 0.4) is 0 Å². The average molecular weight is 294 g/mol. The predicted molar refractivity (Wildman–Crippen MR) is 83.7 cm³/mol. The lowest BCUT2D eigenvalue weighted by molar-refractivity contribution is 0.0864. The van der Waals surface area contributed by atoms with Crippen molar-refractivity contribution in [3.05, 3.63) is 35.6 Å². The van der Waals surface area contributed by atoms with Gasteiger partial charge >= 0.3 is 0 Å². The van der Waals surface area contributed by atoms with Gasteiger partial charge in [0.05, 0.1) is 6.61 Å². The Kier molecular flexibility index (Phi) is 6.61. The number of nitrogens with one attached hydrogen (secondary N) is 1. The number of aliphatic hydroxyl groups is 1. The number of halogens is 1. The molecule has 0 bridgehead atoms. The Morgan fingerprint density at radius 2 is 2.19 bits per heavy atom. The fourth-order valence-corrected chi connectivity index (χ4v) is 3.23. The van der Waals surface area contributed by atoms with Crippen LogP contribution in [0.5, 0.6) is 0 Å². The summed E-state index contributed by atoms with van der Waals surface area (Å²) < 4.78 is 14.0. The average Bonchev–Trinajstić information content (AvgIpc) is 2.52. The molecule has 1 aliphatic heterocycles. The smallest absolute Gasteiger partial charge is 0.127 e. The summed E-state index contributed by atoms with van der Waals surface area (Å²) in [5.41, 5.74) is 0.747. The fourth-order valence-electron chi connectivity index (χ4n) is 3.23. The summed E-state index contributed by atoms with van der Waals surface area (Å²) in [6.45, 7) is 5.04. The van der Waals surface area contributed by atoms with Crippen molar-refractivity contribution in [2.75, 3.05) is 26.2 Å². The van der Waals surface area contributed by atoms with Crippen LogP contribution in [0.15, 0.2) is 24.3 Å². The summed E-state index contributed by atoms with van der Waals surface area (Å²) >= 11 is 0. The van der Waals surface area contributed by atoms with Crippen molar-refractivity contribution in [2.45, 2.75) is 44.7 Å². The molecule has 2 N–H and O–H groups in total. The minimum absolute atomic E-state index is 0.0393. The van der Waals surface area contributed by atoms with E-state index in [1.54, 1.807) is 6.07 Å². The summed E-state index contributed by atoms with van der Waals surface area (Å²) in [5.74, 6) is -0.138. The number of hydrogen-bond acceptors (Lipinski definition) is 3. The number of piperidine rings is 1. The lowest BCUT2D eigenvalue weighted by Gasteiger charge is -2.35. The molecule has 0 radical (unpaired) electrons. The Morgan fingerprint density at radius 3 is 2.90 bits per heavy atom. The number of aliphatic hydroxyl groups excluding tert-OH is 1. The first kappa shape index (κ1) is 16.4. The number of nitrogens with zero attached hydrogens (tertiary/aromatic N) is 1. The number of rotatable bonds is 7. The molecule has 1 saturated heterocycles. The fraction of sp³-hybridized carbons (Fsp3) is 0.647. The van der Waals surface area contributed by atoms with E-state index in [0.29, 0.717) is 0 Å². The standard InChI is InChI=1S/C17H27FN2O/c1-2-19-17(15-8-3-4-9-16(15)18)10-12-20-11-6-5-7-14(20)13-21/h3-4,8-9,14,17,19,21H,2,5-7,10-13H2,1H3. The van der Waals surface area contributed by atoms with Crippen molar-refractivity contribution in [2.24, 2.45) is 0 Å². The van der Waals surface area contributed by atoms with Crippen LogP contribution in [0.2, 0.25) is 0 Å². The molecule has 0 aliphatic carbocycles. The van der Waals surface area contributed by atoms with Crippen molar-refractivity contribution in [3.8, 4) is 0 Å². The Morgan fingerprint density at radius 1 is 1.38 bits per heavy atom. The molecule has 1 aliphatic rings. The van der Waals surface area contributed by atoms with Crippen molar-refractivity contribution in [1.82, 2.24) is 10.2 Å². The van der Waals surface area contributed by atoms with E-state index in [2.05, 4.69) is 10.2 Å². The molecule has 0 aromatic heterocycles. The van der Waals surface area contributed by atoms with Crippen LogP contribution in [0, 0.1) is 5.82 Å². The van der Waals surface area contributed by atoms with E-state index < -0.39 is 0 Å². The zero-order chi connectivity index (χ0) is 15.1. The monoisotopic (exact) mass is 294 g/mol. The first-order valence-electron chi connectivity index (χ1n) is 8.09. The van der Waals surface area contributed by atoms with E-state index in [-0.39, 0.29) is 24.5 Å². The van der Waals surface area contributed by atoms with Gasteiger partial charge < -0.3 is 10.4 Å². The molecule has 2 unspecified atom stereocenters. The topological polar surface area (TPSA) is 35.5 Å². The highest BCUT2D eigenvalue weighted by Crippen LogP contribution is 2.23. The van der Waals surface area contributed by atoms with Gasteiger partial charge in [-0.25, -0.2) is 4.39 Å². The molecule has 0 amide bonds. The Balaban J connectivity index is 1.98. The third-order valence-electron chi connectivity index (χ3n) is 4.40. The lowest BCUT2D eigenvalue weighted by Crippen LogP contribution is -2.43. The molecule has 1 aromatic carbocycles. The normalized spacial score (nSPS) is 21.4. The van der Waals surface area contributed by atoms with Gasteiger partial charge in [-0.15, -0.1) is 0 Å². The first-order chi connectivity index (χ1) is 10.3. The SMILES string of the molecule is CCNC(CCN1CCCCC1CO)c1ccccc1F. The van der Waals surface area contributed by atoms with E-state index >= 15 is 0 Å². The summed E-state index contributed by atoms with van der Waals surface area (Å²) in [6, 6.07) is 7.33. The van der Waals surface area contributed by atoms with Crippen LogP contribution in [-0.4, -0.2) is 42.3 Å². The van der Waals surface area contributed by atoms with E-state index in [9.17, 15) is 9.50 Å².